The Morgan fingerprint density at radius 2 is 2.20 bits per heavy atom. The van der Waals surface area contributed by atoms with Gasteiger partial charge in [0.15, 0.2) is 0 Å². The standard InChI is InChI=1S/C13H18BrN/c14-13-3-1-2-10(9-13)8-12(6-7-15)11-4-5-11/h1-3,9,11-12H,4-8,15H2. The van der Waals surface area contributed by atoms with Gasteiger partial charge >= 0.3 is 0 Å². The largest absolute Gasteiger partial charge is 0.330 e. The lowest BCUT2D eigenvalue weighted by molar-refractivity contribution is 0.432. The van der Waals surface area contributed by atoms with Gasteiger partial charge in [-0.15, -0.1) is 0 Å². The summed E-state index contributed by atoms with van der Waals surface area (Å²) in [5.41, 5.74) is 7.11. The molecule has 0 spiro atoms. The summed E-state index contributed by atoms with van der Waals surface area (Å²) in [6, 6.07) is 8.65. The maximum Gasteiger partial charge on any atom is 0.0177 e. The first-order valence-electron chi connectivity index (χ1n) is 5.74. The van der Waals surface area contributed by atoms with Gasteiger partial charge in [0.25, 0.3) is 0 Å². The van der Waals surface area contributed by atoms with Crippen LogP contribution in [0.15, 0.2) is 28.7 Å². The summed E-state index contributed by atoms with van der Waals surface area (Å²) < 4.78 is 1.18. The van der Waals surface area contributed by atoms with E-state index in [-0.39, 0.29) is 0 Å². The molecule has 1 aliphatic carbocycles. The average molecular weight is 268 g/mol. The first kappa shape index (κ1) is 11.2. The number of benzene rings is 1. The van der Waals surface area contributed by atoms with Crippen LogP contribution in [0.4, 0.5) is 0 Å². The predicted molar refractivity (Wildman–Crippen MR) is 67.7 cm³/mol. The molecular weight excluding hydrogens is 250 g/mol. The van der Waals surface area contributed by atoms with Gasteiger partial charge in [0.2, 0.25) is 0 Å². The third-order valence-electron chi connectivity index (χ3n) is 3.21. The van der Waals surface area contributed by atoms with Gasteiger partial charge in [-0.1, -0.05) is 28.1 Å². The molecule has 0 amide bonds. The minimum atomic E-state index is 0.810. The molecule has 1 fully saturated rings. The molecule has 82 valence electrons. The number of hydrogen-bond donors (Lipinski definition) is 1. The van der Waals surface area contributed by atoms with Crippen molar-refractivity contribution < 1.29 is 0 Å². The van der Waals surface area contributed by atoms with E-state index in [1.165, 1.54) is 35.7 Å². The zero-order valence-corrected chi connectivity index (χ0v) is 10.5. The quantitative estimate of drug-likeness (QED) is 0.870. The van der Waals surface area contributed by atoms with Crippen LogP contribution in [0.3, 0.4) is 0 Å². The number of halogens is 1. The Bertz CT molecular complexity index is 320. The molecule has 1 unspecified atom stereocenters. The van der Waals surface area contributed by atoms with Gasteiger partial charge in [0.05, 0.1) is 0 Å². The van der Waals surface area contributed by atoms with Crippen molar-refractivity contribution in [3.8, 4) is 0 Å². The summed E-state index contributed by atoms with van der Waals surface area (Å²) in [5, 5.41) is 0. The van der Waals surface area contributed by atoms with E-state index in [4.69, 9.17) is 5.73 Å². The maximum atomic E-state index is 5.67. The van der Waals surface area contributed by atoms with Crippen LogP contribution < -0.4 is 5.73 Å². The molecule has 0 bridgehead atoms. The molecule has 0 heterocycles. The molecule has 1 aromatic carbocycles. The molecule has 0 aromatic heterocycles. The molecule has 1 nitrogen and oxygen atoms in total. The smallest absolute Gasteiger partial charge is 0.0177 e. The average Bonchev–Trinajstić information content (AvgIpc) is 3.00. The summed E-state index contributed by atoms with van der Waals surface area (Å²) in [7, 11) is 0. The second-order valence-corrected chi connectivity index (χ2v) is 5.42. The van der Waals surface area contributed by atoms with Gasteiger partial charge in [0.1, 0.15) is 0 Å². The molecule has 1 saturated carbocycles. The van der Waals surface area contributed by atoms with Crippen molar-refractivity contribution in [3.63, 3.8) is 0 Å². The second kappa shape index (κ2) is 5.13. The predicted octanol–water partition coefficient (Wildman–Crippen LogP) is 3.37. The van der Waals surface area contributed by atoms with E-state index >= 15 is 0 Å². The van der Waals surface area contributed by atoms with Gasteiger partial charge in [-0.25, -0.2) is 0 Å². The molecule has 1 aromatic rings. The van der Waals surface area contributed by atoms with Gasteiger partial charge in [0, 0.05) is 4.47 Å². The van der Waals surface area contributed by atoms with Gasteiger partial charge in [-0.2, -0.15) is 0 Å². The van der Waals surface area contributed by atoms with Crippen LogP contribution in [0.2, 0.25) is 0 Å². The van der Waals surface area contributed by atoms with Crippen molar-refractivity contribution in [2.75, 3.05) is 6.54 Å². The van der Waals surface area contributed by atoms with Crippen molar-refractivity contribution in [1.82, 2.24) is 0 Å². The van der Waals surface area contributed by atoms with Gasteiger partial charge < -0.3 is 5.73 Å². The summed E-state index contributed by atoms with van der Waals surface area (Å²) >= 11 is 3.52. The van der Waals surface area contributed by atoms with Crippen LogP contribution in [-0.2, 0) is 6.42 Å². The van der Waals surface area contributed by atoms with Crippen molar-refractivity contribution >= 4 is 15.9 Å². The Labute approximate surface area is 100 Å². The lowest BCUT2D eigenvalue weighted by Crippen LogP contribution is -2.13. The van der Waals surface area contributed by atoms with E-state index in [0.717, 1.165) is 18.4 Å². The number of rotatable bonds is 5. The highest BCUT2D eigenvalue weighted by atomic mass is 79.9. The van der Waals surface area contributed by atoms with Crippen molar-refractivity contribution in [3.05, 3.63) is 34.3 Å². The third-order valence-corrected chi connectivity index (χ3v) is 3.71. The molecule has 1 atom stereocenters. The Morgan fingerprint density at radius 1 is 1.40 bits per heavy atom. The van der Waals surface area contributed by atoms with E-state index in [1.54, 1.807) is 0 Å². The van der Waals surface area contributed by atoms with Crippen LogP contribution in [0.1, 0.15) is 24.8 Å². The Morgan fingerprint density at radius 3 is 2.80 bits per heavy atom. The molecule has 0 radical (unpaired) electrons. The third kappa shape index (κ3) is 3.32. The molecular formula is C13H18BrN. The highest BCUT2D eigenvalue weighted by Gasteiger charge is 2.30. The Kier molecular flexibility index (Phi) is 3.81. The van der Waals surface area contributed by atoms with Crippen LogP contribution in [0, 0.1) is 11.8 Å². The summed E-state index contributed by atoms with van der Waals surface area (Å²) in [5.74, 6) is 1.76. The van der Waals surface area contributed by atoms with Crippen LogP contribution in [-0.4, -0.2) is 6.54 Å². The first-order chi connectivity index (χ1) is 7.29. The van der Waals surface area contributed by atoms with E-state index in [9.17, 15) is 0 Å². The van der Waals surface area contributed by atoms with Crippen LogP contribution >= 0.6 is 15.9 Å². The summed E-state index contributed by atoms with van der Waals surface area (Å²) in [4.78, 5) is 0. The fourth-order valence-electron chi connectivity index (χ4n) is 2.25. The maximum absolute atomic E-state index is 5.67. The van der Waals surface area contributed by atoms with E-state index in [2.05, 4.69) is 40.2 Å². The van der Waals surface area contributed by atoms with Crippen molar-refractivity contribution in [2.45, 2.75) is 25.7 Å². The molecule has 0 aliphatic heterocycles. The van der Waals surface area contributed by atoms with E-state index in [1.807, 2.05) is 0 Å². The molecule has 2 heteroatoms. The summed E-state index contributed by atoms with van der Waals surface area (Å²) in [6.07, 6.45) is 5.20. The number of nitrogens with two attached hydrogens (primary N) is 1. The molecule has 2 N–H and O–H groups in total. The molecule has 15 heavy (non-hydrogen) atoms. The van der Waals surface area contributed by atoms with E-state index < -0.39 is 0 Å². The summed E-state index contributed by atoms with van der Waals surface area (Å²) in [6.45, 7) is 0.829. The van der Waals surface area contributed by atoms with Crippen molar-refractivity contribution in [1.29, 1.82) is 0 Å². The Hall–Kier alpha value is -0.340. The lowest BCUT2D eigenvalue weighted by atomic mass is 9.92. The number of hydrogen-bond acceptors (Lipinski definition) is 1. The first-order valence-corrected chi connectivity index (χ1v) is 6.53. The normalized spacial score (nSPS) is 17.7. The molecule has 0 saturated heterocycles. The van der Waals surface area contributed by atoms with Gasteiger partial charge in [-0.3, -0.25) is 0 Å². The van der Waals surface area contributed by atoms with Crippen LogP contribution in [0.5, 0.6) is 0 Å². The topological polar surface area (TPSA) is 26.0 Å². The lowest BCUT2D eigenvalue weighted by Gasteiger charge is -2.15. The zero-order chi connectivity index (χ0) is 10.7. The highest BCUT2D eigenvalue weighted by molar-refractivity contribution is 9.10. The van der Waals surface area contributed by atoms with Gasteiger partial charge in [-0.05, 0) is 61.8 Å². The highest BCUT2D eigenvalue weighted by Crippen LogP contribution is 2.40. The SMILES string of the molecule is NCCC(Cc1cccc(Br)c1)C1CC1. The minimum Gasteiger partial charge on any atom is -0.330 e. The molecule has 2 rings (SSSR count). The zero-order valence-electron chi connectivity index (χ0n) is 8.95. The van der Waals surface area contributed by atoms with Crippen LogP contribution in [0.25, 0.3) is 0 Å². The minimum absolute atomic E-state index is 0.810. The fourth-order valence-corrected chi connectivity index (χ4v) is 2.70. The second-order valence-electron chi connectivity index (χ2n) is 4.51. The Balaban J connectivity index is 1.98. The monoisotopic (exact) mass is 267 g/mol. The fraction of sp³-hybridized carbons (Fsp3) is 0.538. The van der Waals surface area contributed by atoms with Crippen molar-refractivity contribution in [2.24, 2.45) is 17.6 Å². The molecule has 1 aliphatic rings. The van der Waals surface area contributed by atoms with E-state index in [0.29, 0.717) is 0 Å².